The summed E-state index contributed by atoms with van der Waals surface area (Å²) < 4.78 is 0. The van der Waals surface area contributed by atoms with Gasteiger partial charge in [0.2, 0.25) is 5.91 Å². The molecule has 128 valence electrons. The molecule has 0 aromatic heterocycles. The normalized spacial score (nSPS) is 13.7. The molecule has 0 atom stereocenters. The maximum Gasteiger partial charge on any atom is 0.324 e. The third-order valence-electron chi connectivity index (χ3n) is 4.07. The molecule has 6 nitrogen and oxygen atoms in total. The molecule has 0 unspecified atom stereocenters. The number of nitrogens with one attached hydrogen (secondary N) is 2. The molecule has 4 amide bonds. The summed E-state index contributed by atoms with van der Waals surface area (Å²) >= 11 is 0. The number of nitrogens with zero attached hydrogens (tertiary/aromatic N) is 1. The van der Waals surface area contributed by atoms with E-state index in [-0.39, 0.29) is 30.9 Å². The molecule has 0 bridgehead atoms. The highest BCUT2D eigenvalue weighted by Crippen LogP contribution is 2.11. The van der Waals surface area contributed by atoms with Crippen LogP contribution in [0.3, 0.4) is 0 Å². The van der Waals surface area contributed by atoms with Crippen molar-refractivity contribution in [3.8, 4) is 0 Å². The molecule has 2 aromatic carbocycles. The first-order valence-electron chi connectivity index (χ1n) is 8.04. The number of carbonyl (C=O) groups is 3. The number of carbonyl (C=O) groups excluding carboxylic acids is 3. The van der Waals surface area contributed by atoms with Crippen molar-refractivity contribution in [1.82, 2.24) is 15.5 Å². The second-order valence-corrected chi connectivity index (χ2v) is 6.00. The van der Waals surface area contributed by atoms with Crippen molar-refractivity contribution in [2.75, 3.05) is 6.54 Å². The summed E-state index contributed by atoms with van der Waals surface area (Å²) in [5.74, 6) is -0.410. The van der Waals surface area contributed by atoms with Crippen molar-refractivity contribution in [1.29, 1.82) is 0 Å². The van der Waals surface area contributed by atoms with E-state index in [1.807, 2.05) is 31.2 Å². The number of urea groups is 1. The fraction of sp³-hybridized carbons (Fsp3) is 0.211. The van der Waals surface area contributed by atoms with Crippen LogP contribution in [-0.4, -0.2) is 29.3 Å². The summed E-state index contributed by atoms with van der Waals surface area (Å²) in [6.07, 6.45) is 0. The Kier molecular flexibility index (Phi) is 4.79. The van der Waals surface area contributed by atoms with Gasteiger partial charge in [-0.25, -0.2) is 4.79 Å². The van der Waals surface area contributed by atoms with Gasteiger partial charge in [0.25, 0.3) is 5.91 Å². The number of rotatable bonds is 5. The Morgan fingerprint density at radius 1 is 1.04 bits per heavy atom. The van der Waals surface area contributed by atoms with E-state index in [2.05, 4.69) is 10.6 Å². The zero-order valence-corrected chi connectivity index (χ0v) is 13.9. The van der Waals surface area contributed by atoms with Crippen molar-refractivity contribution >= 4 is 17.8 Å². The molecule has 6 heteroatoms. The molecule has 2 aromatic rings. The number of hydrogen-bond donors (Lipinski definition) is 2. The van der Waals surface area contributed by atoms with Crippen molar-refractivity contribution < 1.29 is 14.4 Å². The molecule has 1 saturated heterocycles. The van der Waals surface area contributed by atoms with E-state index in [1.165, 1.54) is 5.56 Å². The Bertz CT molecular complexity index is 782. The van der Waals surface area contributed by atoms with Gasteiger partial charge in [0.15, 0.2) is 0 Å². The first-order chi connectivity index (χ1) is 12.0. The van der Waals surface area contributed by atoms with Crippen LogP contribution in [0.1, 0.15) is 27.0 Å². The quantitative estimate of drug-likeness (QED) is 0.819. The Morgan fingerprint density at radius 3 is 2.28 bits per heavy atom. The zero-order chi connectivity index (χ0) is 17.8. The maximum atomic E-state index is 12.2. The van der Waals surface area contributed by atoms with E-state index in [4.69, 9.17) is 0 Å². The van der Waals surface area contributed by atoms with Gasteiger partial charge in [-0.1, -0.05) is 42.0 Å². The highest BCUT2D eigenvalue weighted by atomic mass is 16.2. The van der Waals surface area contributed by atoms with Gasteiger partial charge in [0, 0.05) is 12.1 Å². The van der Waals surface area contributed by atoms with Crippen LogP contribution in [-0.2, 0) is 17.9 Å². The van der Waals surface area contributed by atoms with Gasteiger partial charge in [-0.05, 0) is 30.2 Å². The number of hydrogen-bond acceptors (Lipinski definition) is 3. The second-order valence-electron chi connectivity index (χ2n) is 6.00. The second kappa shape index (κ2) is 7.17. The lowest BCUT2D eigenvalue weighted by Gasteiger charge is -2.12. The molecule has 0 radical (unpaired) electrons. The summed E-state index contributed by atoms with van der Waals surface area (Å²) in [5.41, 5.74) is 3.54. The Balaban J connectivity index is 1.57. The van der Waals surface area contributed by atoms with Gasteiger partial charge >= 0.3 is 6.03 Å². The molecule has 0 spiro atoms. The van der Waals surface area contributed by atoms with Gasteiger partial charge in [0.1, 0.15) is 0 Å². The number of imide groups is 1. The van der Waals surface area contributed by atoms with E-state index in [0.29, 0.717) is 12.1 Å². The number of amides is 4. The summed E-state index contributed by atoms with van der Waals surface area (Å²) in [7, 11) is 0. The summed E-state index contributed by atoms with van der Waals surface area (Å²) in [5, 5.41) is 5.35. The highest BCUT2D eigenvalue weighted by molar-refractivity contribution is 6.01. The Hall–Kier alpha value is -3.15. The van der Waals surface area contributed by atoms with Gasteiger partial charge in [0.05, 0.1) is 13.1 Å². The number of benzene rings is 2. The smallest absolute Gasteiger partial charge is 0.324 e. The third-order valence-corrected chi connectivity index (χ3v) is 4.07. The molecular weight excluding hydrogens is 318 g/mol. The van der Waals surface area contributed by atoms with E-state index in [9.17, 15) is 14.4 Å². The van der Waals surface area contributed by atoms with Crippen LogP contribution >= 0.6 is 0 Å². The van der Waals surface area contributed by atoms with Gasteiger partial charge < -0.3 is 10.6 Å². The monoisotopic (exact) mass is 337 g/mol. The van der Waals surface area contributed by atoms with Crippen molar-refractivity contribution in [2.24, 2.45) is 0 Å². The molecule has 1 fully saturated rings. The van der Waals surface area contributed by atoms with Crippen LogP contribution < -0.4 is 10.6 Å². The molecule has 3 rings (SSSR count). The van der Waals surface area contributed by atoms with E-state index in [1.54, 1.807) is 24.3 Å². The molecule has 25 heavy (non-hydrogen) atoms. The van der Waals surface area contributed by atoms with Gasteiger partial charge in [-0.3, -0.25) is 14.5 Å². The lowest BCUT2D eigenvalue weighted by molar-refractivity contribution is -0.125. The fourth-order valence-corrected chi connectivity index (χ4v) is 2.55. The van der Waals surface area contributed by atoms with Gasteiger partial charge in [-0.15, -0.1) is 0 Å². The minimum Gasteiger partial charge on any atom is -0.348 e. The minimum atomic E-state index is -0.384. The maximum absolute atomic E-state index is 12.2. The minimum absolute atomic E-state index is 0.0400. The standard InChI is InChI=1S/C19H19N3O3/c1-13-2-4-14(5-3-13)10-20-18(24)16-8-6-15(7-9-16)12-22-17(23)11-21-19(22)25/h2-9H,10-12H2,1H3,(H,20,24)(H,21,25). The summed E-state index contributed by atoms with van der Waals surface area (Å²) in [4.78, 5) is 36.5. The predicted octanol–water partition coefficient (Wildman–Crippen LogP) is 1.98. The van der Waals surface area contributed by atoms with Crippen LogP contribution in [0.2, 0.25) is 0 Å². The first kappa shape index (κ1) is 16.7. The topological polar surface area (TPSA) is 78.5 Å². The van der Waals surface area contributed by atoms with E-state index < -0.39 is 0 Å². The molecule has 2 N–H and O–H groups in total. The molecule has 1 aliphatic heterocycles. The van der Waals surface area contributed by atoms with Crippen LogP contribution in [0.15, 0.2) is 48.5 Å². The lowest BCUT2D eigenvalue weighted by Crippen LogP contribution is -2.30. The average Bonchev–Trinajstić information content (AvgIpc) is 2.93. The molecule has 0 aliphatic carbocycles. The van der Waals surface area contributed by atoms with Crippen molar-refractivity contribution in [3.63, 3.8) is 0 Å². The van der Waals surface area contributed by atoms with Gasteiger partial charge in [-0.2, -0.15) is 0 Å². The average molecular weight is 337 g/mol. The first-order valence-corrected chi connectivity index (χ1v) is 8.04. The molecule has 1 heterocycles. The van der Waals surface area contributed by atoms with Crippen LogP contribution in [0.4, 0.5) is 4.79 Å². The number of aryl methyl sites for hydroxylation is 1. The zero-order valence-electron chi connectivity index (χ0n) is 13.9. The molecule has 0 saturated carbocycles. The Labute approximate surface area is 145 Å². The largest absolute Gasteiger partial charge is 0.348 e. The summed E-state index contributed by atoms with van der Waals surface area (Å²) in [6.45, 7) is 2.72. The fourth-order valence-electron chi connectivity index (χ4n) is 2.55. The summed E-state index contributed by atoms with van der Waals surface area (Å²) in [6, 6.07) is 14.5. The van der Waals surface area contributed by atoms with Crippen molar-refractivity contribution in [2.45, 2.75) is 20.0 Å². The van der Waals surface area contributed by atoms with Crippen LogP contribution in [0, 0.1) is 6.92 Å². The molecule has 1 aliphatic rings. The van der Waals surface area contributed by atoms with E-state index >= 15 is 0 Å². The highest BCUT2D eigenvalue weighted by Gasteiger charge is 2.28. The third kappa shape index (κ3) is 4.03. The Morgan fingerprint density at radius 2 is 1.68 bits per heavy atom. The van der Waals surface area contributed by atoms with E-state index in [0.717, 1.165) is 16.0 Å². The lowest BCUT2D eigenvalue weighted by atomic mass is 10.1. The van der Waals surface area contributed by atoms with Crippen LogP contribution in [0.5, 0.6) is 0 Å². The predicted molar refractivity (Wildman–Crippen MR) is 92.7 cm³/mol. The van der Waals surface area contributed by atoms with Crippen molar-refractivity contribution in [3.05, 3.63) is 70.8 Å². The molecular formula is C19H19N3O3. The SMILES string of the molecule is Cc1ccc(CNC(=O)c2ccc(CN3C(=O)CNC3=O)cc2)cc1. The van der Waals surface area contributed by atoms with Crippen LogP contribution in [0.25, 0.3) is 0 Å².